The second kappa shape index (κ2) is 8.26. The van der Waals surface area contributed by atoms with Gasteiger partial charge in [-0.25, -0.2) is 24.7 Å². The zero-order chi connectivity index (χ0) is 24.0. The summed E-state index contributed by atoms with van der Waals surface area (Å²) in [5.74, 6) is -0.959. The number of hydrogen-bond donors (Lipinski definition) is 2. The first-order valence-electron chi connectivity index (χ1n) is 10.2. The number of anilines is 2. The molecule has 172 valence electrons. The summed E-state index contributed by atoms with van der Waals surface area (Å²) in [6.07, 6.45) is 2.55. The fourth-order valence-corrected chi connectivity index (χ4v) is 4.28. The van der Waals surface area contributed by atoms with Gasteiger partial charge in [-0.05, 0) is 32.0 Å². The smallest absolute Gasteiger partial charge is 0.341 e. The molecule has 0 aromatic carbocycles. The van der Waals surface area contributed by atoms with Gasteiger partial charge >= 0.3 is 5.97 Å². The Morgan fingerprint density at radius 1 is 1.15 bits per heavy atom. The Morgan fingerprint density at radius 3 is 2.53 bits per heavy atom. The Bertz CT molecular complexity index is 1470. The van der Waals surface area contributed by atoms with E-state index in [4.69, 9.17) is 0 Å². The molecule has 4 aromatic rings. The highest BCUT2D eigenvalue weighted by molar-refractivity contribution is 7.08. The van der Waals surface area contributed by atoms with Crippen LogP contribution in [0.5, 0.6) is 0 Å². The van der Waals surface area contributed by atoms with Crippen LogP contribution in [-0.2, 0) is 4.79 Å². The summed E-state index contributed by atoms with van der Waals surface area (Å²) in [4.78, 5) is 55.9. The van der Waals surface area contributed by atoms with Crippen molar-refractivity contribution in [2.45, 2.75) is 13.8 Å². The summed E-state index contributed by atoms with van der Waals surface area (Å²) in [6.45, 7) is 4.51. The molecule has 1 amide bonds. The van der Waals surface area contributed by atoms with Gasteiger partial charge in [0.15, 0.2) is 5.65 Å². The molecule has 0 spiro atoms. The third kappa shape index (κ3) is 3.85. The summed E-state index contributed by atoms with van der Waals surface area (Å²) >= 11 is 1.05. The predicted octanol–water partition coefficient (Wildman–Crippen LogP) is 1.42. The van der Waals surface area contributed by atoms with E-state index < -0.39 is 11.4 Å². The van der Waals surface area contributed by atoms with Crippen LogP contribution in [0.1, 0.15) is 21.7 Å². The molecule has 13 heteroatoms. The summed E-state index contributed by atoms with van der Waals surface area (Å²) in [7, 11) is 0. The number of aromatic nitrogens is 6. The molecule has 4 aromatic heterocycles. The van der Waals surface area contributed by atoms with Gasteiger partial charge in [0.2, 0.25) is 22.4 Å². The van der Waals surface area contributed by atoms with Crippen molar-refractivity contribution in [1.29, 1.82) is 0 Å². The standard InChI is InChI=1S/C21H18N8O4S/c1-10-5-11(2)25-20(24-10)27-18(31)12-6-28(7-12)15-4-3-13-16(30)14(19(32)33)8-29(17(13)26-15)21-22-9-23-34-21/h3-5,8-9,12H,6-7H2,1-2H3,(H,32,33)(H,24,25,27,31). The largest absolute Gasteiger partial charge is 0.477 e. The van der Waals surface area contributed by atoms with Crippen LogP contribution in [0.2, 0.25) is 0 Å². The van der Waals surface area contributed by atoms with E-state index >= 15 is 0 Å². The predicted molar refractivity (Wildman–Crippen MR) is 124 cm³/mol. The molecule has 0 radical (unpaired) electrons. The number of pyridine rings is 2. The molecule has 0 unspecified atom stereocenters. The van der Waals surface area contributed by atoms with E-state index in [9.17, 15) is 19.5 Å². The van der Waals surface area contributed by atoms with Gasteiger partial charge < -0.3 is 10.0 Å². The van der Waals surface area contributed by atoms with Gasteiger partial charge in [-0.2, -0.15) is 4.37 Å². The lowest BCUT2D eigenvalue weighted by molar-refractivity contribution is -0.120. The second-order valence-corrected chi connectivity index (χ2v) is 8.64. The minimum absolute atomic E-state index is 0.153. The Hall–Kier alpha value is -4.26. The number of aryl methyl sites for hydroxylation is 2. The lowest BCUT2D eigenvalue weighted by Crippen LogP contribution is -2.52. The number of hydrogen-bond acceptors (Lipinski definition) is 10. The molecule has 34 heavy (non-hydrogen) atoms. The Labute approximate surface area is 196 Å². The fraction of sp³-hybridized carbons (Fsp3) is 0.238. The van der Waals surface area contributed by atoms with Crippen LogP contribution in [0.4, 0.5) is 11.8 Å². The number of aromatic carboxylic acids is 1. The average molecular weight is 478 g/mol. The molecule has 0 saturated carbocycles. The van der Waals surface area contributed by atoms with Gasteiger partial charge in [0, 0.05) is 42.2 Å². The first kappa shape index (κ1) is 21.6. The van der Waals surface area contributed by atoms with Gasteiger partial charge in [-0.3, -0.25) is 19.5 Å². The quantitative estimate of drug-likeness (QED) is 0.430. The lowest BCUT2D eigenvalue weighted by atomic mass is 9.99. The van der Waals surface area contributed by atoms with Crippen LogP contribution < -0.4 is 15.6 Å². The monoisotopic (exact) mass is 478 g/mol. The van der Waals surface area contributed by atoms with Crippen molar-refractivity contribution < 1.29 is 14.7 Å². The fourth-order valence-electron chi connectivity index (χ4n) is 3.77. The topological polar surface area (TPSA) is 156 Å². The molecular weight excluding hydrogens is 460 g/mol. The summed E-state index contributed by atoms with van der Waals surface area (Å²) in [5.41, 5.74) is 0.792. The maximum atomic E-state index is 12.7. The number of rotatable bonds is 5. The highest BCUT2D eigenvalue weighted by Crippen LogP contribution is 2.26. The van der Waals surface area contributed by atoms with E-state index in [2.05, 4.69) is 29.6 Å². The van der Waals surface area contributed by atoms with Gasteiger partial charge in [0.25, 0.3) is 0 Å². The maximum absolute atomic E-state index is 12.7. The van der Waals surface area contributed by atoms with Crippen molar-refractivity contribution in [1.82, 2.24) is 28.9 Å². The number of carboxylic acid groups (broad SMARTS) is 1. The van der Waals surface area contributed by atoms with E-state index in [1.165, 1.54) is 17.1 Å². The zero-order valence-electron chi connectivity index (χ0n) is 18.1. The van der Waals surface area contributed by atoms with E-state index in [-0.39, 0.29) is 34.4 Å². The first-order chi connectivity index (χ1) is 16.3. The summed E-state index contributed by atoms with van der Waals surface area (Å²) in [5, 5.41) is 12.7. The van der Waals surface area contributed by atoms with E-state index in [0.29, 0.717) is 24.0 Å². The molecule has 0 atom stereocenters. The first-order valence-corrected chi connectivity index (χ1v) is 11.0. The number of amides is 1. The molecular formula is C21H18N8O4S. The highest BCUT2D eigenvalue weighted by Gasteiger charge is 2.34. The lowest BCUT2D eigenvalue weighted by Gasteiger charge is -2.39. The Morgan fingerprint density at radius 2 is 1.88 bits per heavy atom. The Kier molecular flexibility index (Phi) is 5.24. The van der Waals surface area contributed by atoms with Crippen LogP contribution in [0.25, 0.3) is 16.2 Å². The molecule has 1 fully saturated rings. The summed E-state index contributed by atoms with van der Waals surface area (Å²) in [6, 6.07) is 5.01. The molecule has 0 aliphatic carbocycles. The SMILES string of the molecule is Cc1cc(C)nc(NC(=O)C2CN(c3ccc4c(=O)c(C(=O)O)cn(-c5ncns5)c4n3)C2)n1. The van der Waals surface area contributed by atoms with Crippen molar-refractivity contribution in [2.75, 3.05) is 23.3 Å². The van der Waals surface area contributed by atoms with Crippen LogP contribution in [-0.4, -0.2) is 58.9 Å². The highest BCUT2D eigenvalue weighted by atomic mass is 32.1. The van der Waals surface area contributed by atoms with Crippen molar-refractivity contribution in [2.24, 2.45) is 5.92 Å². The van der Waals surface area contributed by atoms with Gasteiger partial charge in [-0.1, -0.05) is 0 Å². The third-order valence-electron chi connectivity index (χ3n) is 5.42. The molecule has 1 aliphatic rings. The van der Waals surface area contributed by atoms with Crippen molar-refractivity contribution in [3.63, 3.8) is 0 Å². The Balaban J connectivity index is 1.41. The molecule has 1 saturated heterocycles. The molecule has 0 bridgehead atoms. The molecule has 12 nitrogen and oxygen atoms in total. The number of nitrogens with zero attached hydrogens (tertiary/aromatic N) is 7. The van der Waals surface area contributed by atoms with Crippen molar-refractivity contribution in [3.05, 3.63) is 57.9 Å². The van der Waals surface area contributed by atoms with Gasteiger partial charge in [0.1, 0.15) is 17.7 Å². The number of carbonyl (C=O) groups excluding carboxylic acids is 1. The number of nitrogens with one attached hydrogen (secondary N) is 1. The minimum Gasteiger partial charge on any atom is -0.477 e. The van der Waals surface area contributed by atoms with E-state index in [1.54, 1.807) is 12.1 Å². The third-order valence-corrected chi connectivity index (χ3v) is 6.08. The van der Waals surface area contributed by atoms with Crippen molar-refractivity contribution in [3.8, 4) is 5.13 Å². The summed E-state index contributed by atoms with van der Waals surface area (Å²) < 4.78 is 5.40. The molecule has 5 heterocycles. The molecule has 1 aliphatic heterocycles. The van der Waals surface area contributed by atoms with Crippen LogP contribution in [0, 0.1) is 19.8 Å². The van der Waals surface area contributed by atoms with E-state index in [0.717, 1.165) is 22.9 Å². The number of carboxylic acids is 1. The van der Waals surface area contributed by atoms with Gasteiger partial charge in [0.05, 0.1) is 11.3 Å². The van der Waals surface area contributed by atoms with E-state index in [1.807, 2.05) is 24.8 Å². The second-order valence-electron chi connectivity index (χ2n) is 7.88. The van der Waals surface area contributed by atoms with Crippen LogP contribution >= 0.6 is 11.5 Å². The molecule has 2 N–H and O–H groups in total. The molecule has 5 rings (SSSR count). The minimum atomic E-state index is -1.33. The van der Waals surface area contributed by atoms with Crippen LogP contribution in [0.15, 0.2) is 35.5 Å². The number of carbonyl (C=O) groups is 2. The average Bonchev–Trinajstić information content (AvgIpc) is 3.26. The maximum Gasteiger partial charge on any atom is 0.341 e. The normalized spacial score (nSPS) is 13.6. The number of fused-ring (bicyclic) bond motifs is 1. The van der Waals surface area contributed by atoms with Gasteiger partial charge in [-0.15, -0.1) is 0 Å². The van der Waals surface area contributed by atoms with Crippen molar-refractivity contribution >= 4 is 46.2 Å². The zero-order valence-corrected chi connectivity index (χ0v) is 18.9. The van der Waals surface area contributed by atoms with Crippen LogP contribution in [0.3, 0.4) is 0 Å².